The molecule has 0 saturated heterocycles. The zero-order valence-corrected chi connectivity index (χ0v) is 20.7. The topological polar surface area (TPSA) is 0 Å². The summed E-state index contributed by atoms with van der Waals surface area (Å²) >= 11 is 10.8. The first-order valence-electron chi connectivity index (χ1n) is 9.55. The summed E-state index contributed by atoms with van der Waals surface area (Å²) in [6.07, 6.45) is 13.3. The van der Waals surface area contributed by atoms with Gasteiger partial charge in [0, 0.05) is 4.88 Å². The Morgan fingerprint density at radius 3 is 1.84 bits per heavy atom. The highest BCUT2D eigenvalue weighted by molar-refractivity contribution is 9.11. The Balaban J connectivity index is 0.000000251. The van der Waals surface area contributed by atoms with Crippen molar-refractivity contribution < 1.29 is 0 Å². The van der Waals surface area contributed by atoms with Gasteiger partial charge in [-0.3, -0.25) is 0 Å². The van der Waals surface area contributed by atoms with E-state index >= 15 is 0 Å². The van der Waals surface area contributed by atoms with E-state index in [9.17, 15) is 0 Å². The molecule has 4 heteroatoms. The van der Waals surface area contributed by atoms with Gasteiger partial charge in [-0.15, -0.1) is 22.7 Å². The summed E-state index contributed by atoms with van der Waals surface area (Å²) in [6, 6.07) is 4.53. The van der Waals surface area contributed by atoms with E-state index in [0.717, 1.165) is 0 Å². The number of aryl methyl sites for hydroxylation is 3. The average Bonchev–Trinajstić information content (AvgIpc) is 3.14. The van der Waals surface area contributed by atoms with E-state index < -0.39 is 0 Å². The molecule has 0 fully saturated rings. The molecule has 0 aliphatic rings. The summed E-state index contributed by atoms with van der Waals surface area (Å²) in [4.78, 5) is 1.41. The van der Waals surface area contributed by atoms with Gasteiger partial charge in [-0.1, -0.05) is 52.4 Å². The molecule has 0 bridgehead atoms. The van der Waals surface area contributed by atoms with Crippen LogP contribution >= 0.6 is 54.5 Å². The zero-order valence-electron chi connectivity index (χ0n) is 15.9. The highest BCUT2D eigenvalue weighted by Gasteiger charge is 2.03. The van der Waals surface area contributed by atoms with E-state index in [1.165, 1.54) is 87.8 Å². The van der Waals surface area contributed by atoms with Crippen molar-refractivity contribution in [2.24, 2.45) is 0 Å². The smallest absolute Gasteiger partial charge is 0.0733 e. The number of thiophene rings is 2. The maximum atomic E-state index is 3.60. The van der Waals surface area contributed by atoms with Gasteiger partial charge in [-0.25, -0.2) is 0 Å². The fourth-order valence-electron chi connectivity index (χ4n) is 2.69. The van der Waals surface area contributed by atoms with Gasteiger partial charge in [0.25, 0.3) is 0 Å². The molecular weight excluding hydrogens is 476 g/mol. The Kier molecular flexibility index (Phi) is 13.5. The third-order valence-electron chi connectivity index (χ3n) is 4.17. The molecule has 2 aromatic heterocycles. The highest BCUT2D eigenvalue weighted by atomic mass is 79.9. The Morgan fingerprint density at radius 1 is 0.800 bits per heavy atom. The molecule has 0 amide bonds. The second kappa shape index (κ2) is 14.4. The van der Waals surface area contributed by atoms with Gasteiger partial charge in [0.15, 0.2) is 0 Å². The Hall–Kier alpha value is 0.360. The molecule has 142 valence electrons. The minimum atomic E-state index is 1.24. The van der Waals surface area contributed by atoms with E-state index in [0.29, 0.717) is 0 Å². The molecule has 0 aliphatic carbocycles. The molecule has 0 N–H and O–H groups in total. The van der Waals surface area contributed by atoms with Crippen LogP contribution in [0.3, 0.4) is 0 Å². The molecule has 0 nitrogen and oxygen atoms in total. The zero-order chi connectivity index (χ0) is 18.5. The largest absolute Gasteiger partial charge is 0.137 e. The highest BCUT2D eigenvalue weighted by Crippen LogP contribution is 2.28. The minimum Gasteiger partial charge on any atom is -0.137 e. The lowest BCUT2D eigenvalue weighted by Crippen LogP contribution is -1.83. The van der Waals surface area contributed by atoms with E-state index in [2.05, 4.69) is 70.1 Å². The standard InChI is InChI=1S/C11H17BrS.C10H15BrS/c1-3-4-5-6-7-10-8-9(2)13-11(10)12;1-2-3-4-5-6-9-7-8-12-10(9)11/h8H,3-7H2,1-2H3;7-8H,2-6H2,1H3. The van der Waals surface area contributed by atoms with Gasteiger partial charge in [0.05, 0.1) is 7.57 Å². The summed E-state index contributed by atoms with van der Waals surface area (Å²) in [6.45, 7) is 6.68. The van der Waals surface area contributed by atoms with Gasteiger partial charge in [-0.2, -0.15) is 0 Å². The fraction of sp³-hybridized carbons (Fsp3) is 0.619. The van der Waals surface area contributed by atoms with Crippen LogP contribution in [0.4, 0.5) is 0 Å². The minimum absolute atomic E-state index is 1.24. The van der Waals surface area contributed by atoms with E-state index in [1.54, 1.807) is 11.3 Å². The number of rotatable bonds is 10. The van der Waals surface area contributed by atoms with Crippen molar-refractivity contribution in [1.29, 1.82) is 0 Å². The summed E-state index contributed by atoms with van der Waals surface area (Å²) in [5, 5.41) is 2.15. The van der Waals surface area contributed by atoms with Crippen LogP contribution in [0, 0.1) is 6.92 Å². The van der Waals surface area contributed by atoms with Crippen molar-refractivity contribution in [2.75, 3.05) is 0 Å². The first-order chi connectivity index (χ1) is 12.1. The number of hydrogen-bond donors (Lipinski definition) is 0. The molecule has 0 saturated carbocycles. The van der Waals surface area contributed by atoms with Crippen LogP contribution in [0.1, 0.15) is 81.2 Å². The van der Waals surface area contributed by atoms with Crippen LogP contribution in [0.5, 0.6) is 0 Å². The molecule has 0 atom stereocenters. The SMILES string of the molecule is CCCCCCc1cc(C)sc1Br.CCCCCCc1ccsc1Br. The van der Waals surface area contributed by atoms with E-state index in [-0.39, 0.29) is 0 Å². The van der Waals surface area contributed by atoms with Crippen molar-refractivity contribution in [3.63, 3.8) is 0 Å². The van der Waals surface area contributed by atoms with Crippen molar-refractivity contribution in [2.45, 2.75) is 85.0 Å². The first-order valence-corrected chi connectivity index (χ1v) is 12.8. The van der Waals surface area contributed by atoms with Crippen LogP contribution in [0.15, 0.2) is 25.1 Å². The van der Waals surface area contributed by atoms with E-state index in [1.807, 2.05) is 11.3 Å². The van der Waals surface area contributed by atoms with Crippen LogP contribution in [-0.2, 0) is 12.8 Å². The van der Waals surface area contributed by atoms with Gasteiger partial charge in [-0.05, 0) is 93.1 Å². The molecule has 25 heavy (non-hydrogen) atoms. The van der Waals surface area contributed by atoms with Crippen molar-refractivity contribution >= 4 is 54.5 Å². The first kappa shape index (κ1) is 23.4. The Bertz CT molecular complexity index is 572. The van der Waals surface area contributed by atoms with Crippen molar-refractivity contribution in [1.82, 2.24) is 0 Å². The fourth-order valence-corrected chi connectivity index (χ4v) is 5.87. The van der Waals surface area contributed by atoms with Gasteiger partial charge < -0.3 is 0 Å². The average molecular weight is 508 g/mol. The second-order valence-electron chi connectivity index (χ2n) is 6.50. The normalized spacial score (nSPS) is 10.6. The molecule has 0 spiro atoms. The molecule has 0 aliphatic heterocycles. The number of unbranched alkanes of at least 4 members (excludes halogenated alkanes) is 6. The molecule has 0 unspecified atom stereocenters. The predicted octanol–water partition coefficient (Wildman–Crippen LogP) is 9.58. The predicted molar refractivity (Wildman–Crippen MR) is 124 cm³/mol. The quantitative estimate of drug-likeness (QED) is 0.280. The monoisotopic (exact) mass is 506 g/mol. The Morgan fingerprint density at radius 2 is 1.40 bits per heavy atom. The summed E-state index contributed by atoms with van der Waals surface area (Å²) in [7, 11) is 0. The Labute approximate surface area is 179 Å². The number of hydrogen-bond acceptors (Lipinski definition) is 2. The van der Waals surface area contributed by atoms with Crippen molar-refractivity contribution in [3.8, 4) is 0 Å². The van der Waals surface area contributed by atoms with Crippen LogP contribution in [0.25, 0.3) is 0 Å². The van der Waals surface area contributed by atoms with Gasteiger partial charge in [0.2, 0.25) is 0 Å². The van der Waals surface area contributed by atoms with Crippen LogP contribution in [0.2, 0.25) is 0 Å². The summed E-state index contributed by atoms with van der Waals surface area (Å²) in [5.41, 5.74) is 2.98. The summed E-state index contributed by atoms with van der Waals surface area (Å²) in [5.74, 6) is 0. The van der Waals surface area contributed by atoms with Crippen molar-refractivity contribution in [3.05, 3.63) is 41.1 Å². The number of halogens is 2. The van der Waals surface area contributed by atoms with Crippen LogP contribution in [-0.4, -0.2) is 0 Å². The maximum absolute atomic E-state index is 3.60. The molecule has 2 rings (SSSR count). The molecule has 2 heterocycles. The molecule has 0 radical (unpaired) electrons. The summed E-state index contributed by atoms with van der Waals surface area (Å²) < 4.78 is 2.65. The lowest BCUT2D eigenvalue weighted by Gasteiger charge is -1.98. The lowest BCUT2D eigenvalue weighted by atomic mass is 10.1. The van der Waals surface area contributed by atoms with Crippen LogP contribution < -0.4 is 0 Å². The second-order valence-corrected chi connectivity index (χ2v) is 11.3. The molecule has 2 aromatic rings. The third kappa shape index (κ3) is 10.3. The third-order valence-corrected chi connectivity index (χ3v) is 7.86. The maximum Gasteiger partial charge on any atom is 0.0733 e. The molecule has 0 aromatic carbocycles. The lowest BCUT2D eigenvalue weighted by molar-refractivity contribution is 0.667. The van der Waals surface area contributed by atoms with Gasteiger partial charge >= 0.3 is 0 Å². The molecular formula is C21H32Br2S2. The van der Waals surface area contributed by atoms with Gasteiger partial charge in [0.1, 0.15) is 0 Å². The van der Waals surface area contributed by atoms with E-state index in [4.69, 9.17) is 0 Å².